The number of hydrogen-bond acceptors (Lipinski definition) is 3. The fourth-order valence-electron chi connectivity index (χ4n) is 4.86. The fraction of sp³-hybridized carbons (Fsp3) is 0. The third kappa shape index (κ3) is 3.25. The molecule has 0 saturated heterocycles. The summed E-state index contributed by atoms with van der Waals surface area (Å²) in [6, 6.07) is 36.9. The number of fused-ring (bicyclic) bond motifs is 3. The number of rotatable bonds is 3. The van der Waals surface area contributed by atoms with Gasteiger partial charge in [-0.2, -0.15) is 10.5 Å². The monoisotopic (exact) mass is 446 g/mol. The molecule has 2 aromatic heterocycles. The molecule has 0 fully saturated rings. The van der Waals surface area contributed by atoms with E-state index in [0.29, 0.717) is 11.1 Å². The first-order valence-electron chi connectivity index (χ1n) is 11.3. The van der Waals surface area contributed by atoms with Gasteiger partial charge < -0.3 is 4.57 Å². The second-order valence-electron chi connectivity index (χ2n) is 8.29. The van der Waals surface area contributed by atoms with Crippen LogP contribution in [0.25, 0.3) is 49.7 Å². The average molecular weight is 447 g/mol. The molecule has 0 amide bonds. The summed E-state index contributed by atoms with van der Waals surface area (Å²) < 4.78 is 2.26. The Hall–Kier alpha value is -5.19. The molecule has 0 aliphatic heterocycles. The van der Waals surface area contributed by atoms with Crippen molar-refractivity contribution in [2.75, 3.05) is 0 Å². The molecule has 0 N–H and O–H groups in total. The van der Waals surface area contributed by atoms with Crippen molar-refractivity contribution in [3.8, 4) is 40.1 Å². The molecule has 4 aromatic carbocycles. The highest BCUT2D eigenvalue weighted by Gasteiger charge is 2.18. The van der Waals surface area contributed by atoms with Crippen LogP contribution in [0.3, 0.4) is 0 Å². The van der Waals surface area contributed by atoms with Crippen molar-refractivity contribution in [1.82, 2.24) is 9.55 Å². The minimum atomic E-state index is 0.589. The SMILES string of the molecule is N#Cc1ccc2c(c1)c1ccccc1n2-c1ccccc1-c1ccccc1-c1cnccc1C#N. The van der Waals surface area contributed by atoms with Crippen LogP contribution in [0.1, 0.15) is 11.1 Å². The van der Waals surface area contributed by atoms with Crippen molar-refractivity contribution in [3.63, 3.8) is 0 Å². The van der Waals surface area contributed by atoms with Crippen LogP contribution in [0.5, 0.6) is 0 Å². The number of pyridine rings is 1. The third-order valence-corrected chi connectivity index (χ3v) is 6.40. The molecular formula is C31H18N4. The van der Waals surface area contributed by atoms with Crippen molar-refractivity contribution in [2.24, 2.45) is 0 Å². The van der Waals surface area contributed by atoms with E-state index in [9.17, 15) is 10.5 Å². The van der Waals surface area contributed by atoms with E-state index in [0.717, 1.165) is 49.7 Å². The number of nitrogens with zero attached hydrogens (tertiary/aromatic N) is 4. The quantitative estimate of drug-likeness (QED) is 0.287. The van der Waals surface area contributed by atoms with Gasteiger partial charge in [0, 0.05) is 34.3 Å². The third-order valence-electron chi connectivity index (χ3n) is 6.40. The lowest BCUT2D eigenvalue weighted by Crippen LogP contribution is -1.98. The molecular weight excluding hydrogens is 428 g/mol. The number of benzene rings is 4. The molecule has 0 aliphatic rings. The van der Waals surface area contributed by atoms with Gasteiger partial charge in [-0.3, -0.25) is 4.98 Å². The zero-order chi connectivity index (χ0) is 23.8. The molecule has 0 saturated carbocycles. The predicted octanol–water partition coefficient (Wildman–Crippen LogP) is 7.26. The Morgan fingerprint density at radius 3 is 2.09 bits per heavy atom. The van der Waals surface area contributed by atoms with E-state index in [4.69, 9.17) is 0 Å². The molecule has 0 bridgehead atoms. The van der Waals surface area contributed by atoms with Crippen LogP contribution in [0, 0.1) is 22.7 Å². The lowest BCUT2D eigenvalue weighted by molar-refractivity contribution is 1.18. The van der Waals surface area contributed by atoms with Crippen molar-refractivity contribution < 1.29 is 0 Å². The van der Waals surface area contributed by atoms with Gasteiger partial charge in [0.25, 0.3) is 0 Å². The topological polar surface area (TPSA) is 65.4 Å². The average Bonchev–Trinajstić information content (AvgIpc) is 3.26. The summed E-state index contributed by atoms with van der Waals surface area (Å²) in [5.74, 6) is 0. The summed E-state index contributed by atoms with van der Waals surface area (Å²) in [6.45, 7) is 0. The lowest BCUT2D eigenvalue weighted by Gasteiger charge is -2.17. The van der Waals surface area contributed by atoms with Crippen LogP contribution >= 0.6 is 0 Å². The fourth-order valence-corrected chi connectivity index (χ4v) is 4.86. The molecule has 35 heavy (non-hydrogen) atoms. The molecule has 0 unspecified atom stereocenters. The minimum Gasteiger partial charge on any atom is -0.309 e. The van der Waals surface area contributed by atoms with E-state index >= 15 is 0 Å². The Bertz CT molecular complexity index is 1830. The van der Waals surface area contributed by atoms with Gasteiger partial charge in [0.05, 0.1) is 40.0 Å². The highest BCUT2D eigenvalue weighted by atomic mass is 15.0. The molecule has 0 spiro atoms. The zero-order valence-electron chi connectivity index (χ0n) is 18.7. The maximum Gasteiger partial charge on any atom is 0.0999 e. The molecule has 0 atom stereocenters. The van der Waals surface area contributed by atoms with Gasteiger partial charge in [0.1, 0.15) is 0 Å². The highest BCUT2D eigenvalue weighted by Crippen LogP contribution is 2.40. The van der Waals surface area contributed by atoms with E-state index in [2.05, 4.69) is 52.0 Å². The molecule has 2 heterocycles. The van der Waals surface area contributed by atoms with Crippen LogP contribution < -0.4 is 0 Å². The first kappa shape index (κ1) is 20.4. The van der Waals surface area contributed by atoms with Gasteiger partial charge in [0.2, 0.25) is 0 Å². The van der Waals surface area contributed by atoms with Gasteiger partial charge >= 0.3 is 0 Å². The maximum atomic E-state index is 9.72. The molecule has 6 aromatic rings. The van der Waals surface area contributed by atoms with E-state index in [-0.39, 0.29) is 0 Å². The van der Waals surface area contributed by atoms with Gasteiger partial charge in [-0.1, -0.05) is 60.7 Å². The van der Waals surface area contributed by atoms with Gasteiger partial charge in [-0.05, 0) is 47.5 Å². The second-order valence-corrected chi connectivity index (χ2v) is 8.29. The Kier molecular flexibility index (Phi) is 4.84. The Morgan fingerprint density at radius 2 is 1.29 bits per heavy atom. The minimum absolute atomic E-state index is 0.589. The molecule has 6 rings (SSSR count). The summed E-state index contributed by atoms with van der Waals surface area (Å²) >= 11 is 0. The van der Waals surface area contributed by atoms with Crippen molar-refractivity contribution in [3.05, 3.63) is 121 Å². The van der Waals surface area contributed by atoms with E-state index < -0.39 is 0 Å². The normalized spacial score (nSPS) is 10.8. The number of aromatic nitrogens is 2. The summed E-state index contributed by atoms with van der Waals surface area (Å²) in [5, 5.41) is 21.3. The van der Waals surface area contributed by atoms with E-state index in [1.165, 1.54) is 0 Å². The van der Waals surface area contributed by atoms with Crippen molar-refractivity contribution in [1.29, 1.82) is 10.5 Å². The lowest BCUT2D eigenvalue weighted by atomic mass is 9.92. The summed E-state index contributed by atoms with van der Waals surface area (Å²) in [6.07, 6.45) is 3.40. The Balaban J connectivity index is 1.68. The van der Waals surface area contributed by atoms with Crippen LogP contribution in [0.4, 0.5) is 0 Å². The van der Waals surface area contributed by atoms with Gasteiger partial charge in [-0.15, -0.1) is 0 Å². The predicted molar refractivity (Wildman–Crippen MR) is 139 cm³/mol. The van der Waals surface area contributed by atoms with E-state index in [1.54, 1.807) is 18.5 Å². The Morgan fingerprint density at radius 1 is 0.600 bits per heavy atom. The molecule has 0 aliphatic carbocycles. The zero-order valence-corrected chi connectivity index (χ0v) is 18.7. The van der Waals surface area contributed by atoms with Gasteiger partial charge in [0.15, 0.2) is 0 Å². The first-order chi connectivity index (χ1) is 17.3. The second kappa shape index (κ2) is 8.30. The van der Waals surface area contributed by atoms with Crippen LogP contribution in [-0.2, 0) is 0 Å². The maximum absolute atomic E-state index is 9.72. The number of nitriles is 2. The van der Waals surface area contributed by atoms with Crippen molar-refractivity contribution in [2.45, 2.75) is 0 Å². The summed E-state index contributed by atoms with van der Waals surface area (Å²) in [4.78, 5) is 4.29. The summed E-state index contributed by atoms with van der Waals surface area (Å²) in [7, 11) is 0. The largest absolute Gasteiger partial charge is 0.309 e. The molecule has 4 heteroatoms. The van der Waals surface area contributed by atoms with Crippen LogP contribution in [0.15, 0.2) is 109 Å². The molecule has 162 valence electrons. The van der Waals surface area contributed by atoms with Crippen LogP contribution in [0.2, 0.25) is 0 Å². The highest BCUT2D eigenvalue weighted by molar-refractivity contribution is 6.10. The summed E-state index contributed by atoms with van der Waals surface area (Å²) in [5.41, 5.74) is 8.19. The standard InChI is InChI=1S/C31H18N4/c32-18-21-13-14-31-27(17-21)26-10-4-6-12-30(26)35(31)29-11-5-3-9-25(29)23-7-1-2-8-24(23)28-20-34-16-15-22(28)19-33/h1-17,20H. The molecule has 0 radical (unpaired) electrons. The van der Waals surface area contributed by atoms with Crippen LogP contribution in [-0.4, -0.2) is 9.55 Å². The smallest absolute Gasteiger partial charge is 0.0999 e. The van der Waals surface area contributed by atoms with Crippen molar-refractivity contribution >= 4 is 21.8 Å². The number of hydrogen-bond donors (Lipinski definition) is 0. The van der Waals surface area contributed by atoms with Gasteiger partial charge in [-0.25, -0.2) is 0 Å². The Labute approximate surface area is 202 Å². The first-order valence-corrected chi connectivity index (χ1v) is 11.3. The molecule has 4 nitrogen and oxygen atoms in total. The van der Waals surface area contributed by atoms with E-state index in [1.807, 2.05) is 60.7 Å². The number of para-hydroxylation sites is 2.